The summed E-state index contributed by atoms with van der Waals surface area (Å²) in [7, 11) is 0. The molecule has 0 aliphatic heterocycles. The molecule has 5 nitrogen and oxygen atoms in total. The van der Waals surface area contributed by atoms with Crippen molar-refractivity contribution in [2.24, 2.45) is 0 Å². The van der Waals surface area contributed by atoms with Crippen LogP contribution in [0, 0.1) is 0 Å². The SMILES string of the molecule is O=C(Nc1nc(-c2ccccc2)cs1)c1cc(C2CC2)ncn1. The highest BCUT2D eigenvalue weighted by atomic mass is 32.1. The first-order chi connectivity index (χ1) is 11.3. The van der Waals surface area contributed by atoms with E-state index in [1.807, 2.05) is 35.7 Å². The minimum atomic E-state index is -0.247. The first-order valence-corrected chi connectivity index (χ1v) is 8.32. The van der Waals surface area contributed by atoms with Gasteiger partial charge >= 0.3 is 0 Å². The van der Waals surface area contributed by atoms with Crippen LogP contribution < -0.4 is 5.32 Å². The van der Waals surface area contributed by atoms with Gasteiger partial charge in [0.05, 0.1) is 5.69 Å². The first-order valence-electron chi connectivity index (χ1n) is 7.44. The predicted molar refractivity (Wildman–Crippen MR) is 89.5 cm³/mol. The molecule has 0 radical (unpaired) electrons. The Balaban J connectivity index is 1.51. The average molecular weight is 322 g/mol. The van der Waals surface area contributed by atoms with Gasteiger partial charge in [-0.2, -0.15) is 0 Å². The van der Waals surface area contributed by atoms with E-state index in [1.165, 1.54) is 17.7 Å². The molecule has 0 atom stereocenters. The van der Waals surface area contributed by atoms with Gasteiger partial charge in [0.15, 0.2) is 5.13 Å². The molecule has 1 aliphatic rings. The minimum absolute atomic E-state index is 0.247. The molecule has 0 unspecified atom stereocenters. The molecule has 1 aliphatic carbocycles. The summed E-state index contributed by atoms with van der Waals surface area (Å²) in [6.45, 7) is 0. The lowest BCUT2D eigenvalue weighted by atomic mass is 10.2. The Labute approximate surface area is 137 Å². The fraction of sp³-hybridized carbons (Fsp3) is 0.176. The van der Waals surface area contributed by atoms with Crippen molar-refractivity contribution in [1.29, 1.82) is 0 Å². The van der Waals surface area contributed by atoms with Crippen LogP contribution in [-0.4, -0.2) is 20.9 Å². The Kier molecular flexibility index (Phi) is 3.59. The van der Waals surface area contributed by atoms with E-state index in [0.717, 1.165) is 29.8 Å². The molecule has 1 aromatic carbocycles. The highest BCUT2D eigenvalue weighted by Gasteiger charge is 2.26. The molecule has 0 spiro atoms. The van der Waals surface area contributed by atoms with Crippen molar-refractivity contribution in [3.63, 3.8) is 0 Å². The van der Waals surface area contributed by atoms with Crippen LogP contribution in [0.1, 0.15) is 34.9 Å². The number of hydrogen-bond acceptors (Lipinski definition) is 5. The van der Waals surface area contributed by atoms with E-state index < -0.39 is 0 Å². The van der Waals surface area contributed by atoms with Crippen LogP contribution >= 0.6 is 11.3 Å². The Hall–Kier alpha value is -2.60. The molecular weight excluding hydrogens is 308 g/mol. The van der Waals surface area contributed by atoms with Gasteiger partial charge in [-0.05, 0) is 18.9 Å². The number of anilines is 1. The number of rotatable bonds is 4. The van der Waals surface area contributed by atoms with Crippen LogP contribution in [0.15, 0.2) is 48.1 Å². The van der Waals surface area contributed by atoms with E-state index in [-0.39, 0.29) is 5.91 Å². The van der Waals surface area contributed by atoms with Crippen LogP contribution in [0.2, 0.25) is 0 Å². The molecule has 3 aromatic rings. The Morgan fingerprint density at radius 2 is 2.00 bits per heavy atom. The Morgan fingerprint density at radius 1 is 1.17 bits per heavy atom. The second-order valence-corrected chi connectivity index (χ2v) is 6.32. The van der Waals surface area contributed by atoms with Crippen LogP contribution in [0.3, 0.4) is 0 Å². The number of benzene rings is 1. The summed E-state index contributed by atoms with van der Waals surface area (Å²) in [6, 6.07) is 11.7. The molecule has 1 fully saturated rings. The third-order valence-electron chi connectivity index (χ3n) is 3.71. The zero-order chi connectivity index (χ0) is 15.6. The number of aromatic nitrogens is 3. The number of nitrogens with one attached hydrogen (secondary N) is 1. The van der Waals surface area contributed by atoms with E-state index in [1.54, 1.807) is 6.07 Å². The van der Waals surface area contributed by atoms with Crippen molar-refractivity contribution in [1.82, 2.24) is 15.0 Å². The lowest BCUT2D eigenvalue weighted by Crippen LogP contribution is -2.14. The molecule has 114 valence electrons. The maximum atomic E-state index is 12.3. The second kappa shape index (κ2) is 5.89. The number of nitrogens with zero attached hydrogens (tertiary/aromatic N) is 3. The van der Waals surface area contributed by atoms with E-state index in [2.05, 4.69) is 20.3 Å². The summed E-state index contributed by atoms with van der Waals surface area (Å²) in [5.74, 6) is 0.248. The van der Waals surface area contributed by atoms with E-state index >= 15 is 0 Å². The molecule has 0 bridgehead atoms. The van der Waals surface area contributed by atoms with Gasteiger partial charge in [-0.25, -0.2) is 15.0 Å². The van der Waals surface area contributed by atoms with Gasteiger partial charge in [-0.1, -0.05) is 30.3 Å². The summed E-state index contributed by atoms with van der Waals surface area (Å²) >= 11 is 1.40. The molecular formula is C17H14N4OS. The van der Waals surface area contributed by atoms with Gasteiger partial charge in [0.1, 0.15) is 12.0 Å². The molecule has 2 heterocycles. The summed E-state index contributed by atoms with van der Waals surface area (Å²) in [5.41, 5.74) is 3.22. The lowest BCUT2D eigenvalue weighted by molar-refractivity contribution is 0.102. The summed E-state index contributed by atoms with van der Waals surface area (Å²) in [6.07, 6.45) is 3.75. The van der Waals surface area contributed by atoms with Crippen molar-refractivity contribution >= 4 is 22.4 Å². The summed E-state index contributed by atoms with van der Waals surface area (Å²) < 4.78 is 0. The van der Waals surface area contributed by atoms with Crippen LogP contribution in [0.5, 0.6) is 0 Å². The van der Waals surface area contributed by atoms with Gasteiger partial charge in [0.25, 0.3) is 5.91 Å². The second-order valence-electron chi connectivity index (χ2n) is 5.46. The largest absolute Gasteiger partial charge is 0.296 e. The number of hydrogen-bond donors (Lipinski definition) is 1. The summed E-state index contributed by atoms with van der Waals surface area (Å²) in [5, 5.41) is 5.31. The number of carbonyl (C=O) groups excluding carboxylic acids is 1. The fourth-order valence-corrected chi connectivity index (χ4v) is 3.05. The van der Waals surface area contributed by atoms with Crippen molar-refractivity contribution in [3.05, 3.63) is 59.5 Å². The molecule has 2 aromatic heterocycles. The first kappa shape index (κ1) is 14.0. The number of amides is 1. The van der Waals surface area contributed by atoms with Crippen molar-refractivity contribution in [2.75, 3.05) is 5.32 Å². The Morgan fingerprint density at radius 3 is 2.78 bits per heavy atom. The molecule has 0 saturated heterocycles. The molecule has 1 N–H and O–H groups in total. The molecule has 6 heteroatoms. The highest BCUT2D eigenvalue weighted by molar-refractivity contribution is 7.14. The monoisotopic (exact) mass is 322 g/mol. The molecule has 1 saturated carbocycles. The van der Waals surface area contributed by atoms with Crippen LogP contribution in [0.25, 0.3) is 11.3 Å². The normalized spacial score (nSPS) is 13.7. The minimum Gasteiger partial charge on any atom is -0.296 e. The lowest BCUT2D eigenvalue weighted by Gasteiger charge is -2.02. The molecule has 23 heavy (non-hydrogen) atoms. The summed E-state index contributed by atoms with van der Waals surface area (Å²) in [4.78, 5) is 25.1. The quantitative estimate of drug-likeness (QED) is 0.794. The molecule has 4 rings (SSSR count). The van der Waals surface area contributed by atoms with Gasteiger partial charge in [-0.3, -0.25) is 10.1 Å². The van der Waals surface area contributed by atoms with Gasteiger partial charge in [0.2, 0.25) is 0 Å². The third kappa shape index (κ3) is 3.12. The topological polar surface area (TPSA) is 67.8 Å². The van der Waals surface area contributed by atoms with Gasteiger partial charge in [0, 0.05) is 22.6 Å². The van der Waals surface area contributed by atoms with E-state index in [4.69, 9.17) is 0 Å². The predicted octanol–water partition coefficient (Wildman–Crippen LogP) is 3.73. The maximum absolute atomic E-state index is 12.3. The number of thiazole rings is 1. The smallest absolute Gasteiger partial charge is 0.276 e. The van der Waals surface area contributed by atoms with Crippen LogP contribution in [-0.2, 0) is 0 Å². The van der Waals surface area contributed by atoms with Crippen molar-refractivity contribution < 1.29 is 4.79 Å². The fourth-order valence-electron chi connectivity index (χ4n) is 2.33. The molecule has 1 amide bonds. The Bertz CT molecular complexity index is 843. The maximum Gasteiger partial charge on any atom is 0.276 e. The van der Waals surface area contributed by atoms with Crippen molar-refractivity contribution in [3.8, 4) is 11.3 Å². The number of carbonyl (C=O) groups is 1. The zero-order valence-corrected chi connectivity index (χ0v) is 13.1. The zero-order valence-electron chi connectivity index (χ0n) is 12.3. The van der Waals surface area contributed by atoms with Gasteiger partial charge in [-0.15, -0.1) is 11.3 Å². The average Bonchev–Trinajstić information content (AvgIpc) is 3.35. The van der Waals surface area contributed by atoms with Crippen molar-refractivity contribution in [2.45, 2.75) is 18.8 Å². The van der Waals surface area contributed by atoms with Crippen LogP contribution in [0.4, 0.5) is 5.13 Å². The van der Waals surface area contributed by atoms with E-state index in [0.29, 0.717) is 16.7 Å². The highest BCUT2D eigenvalue weighted by Crippen LogP contribution is 2.38. The van der Waals surface area contributed by atoms with E-state index in [9.17, 15) is 4.79 Å². The van der Waals surface area contributed by atoms with Gasteiger partial charge < -0.3 is 0 Å². The standard InChI is InChI=1S/C17H14N4OS/c22-16(14-8-13(12-6-7-12)18-10-19-14)21-17-20-15(9-23-17)11-4-2-1-3-5-11/h1-5,8-10,12H,6-7H2,(H,20,21,22). The third-order valence-corrected chi connectivity index (χ3v) is 4.47.